The maximum Gasteiger partial charge on any atom is 0.409 e. The van der Waals surface area contributed by atoms with Crippen molar-refractivity contribution in [2.75, 3.05) is 57.9 Å². The molecule has 2 aromatic rings. The summed E-state index contributed by atoms with van der Waals surface area (Å²) in [5.41, 5.74) is -0.263. The van der Waals surface area contributed by atoms with Gasteiger partial charge in [0.15, 0.2) is 11.5 Å². The summed E-state index contributed by atoms with van der Waals surface area (Å²) in [5, 5.41) is 0. The molecule has 1 fully saturated rings. The van der Waals surface area contributed by atoms with Gasteiger partial charge in [-0.2, -0.15) is 0 Å². The molecule has 1 aliphatic heterocycles. The zero-order chi connectivity index (χ0) is 25.6. The van der Waals surface area contributed by atoms with Crippen molar-refractivity contribution in [2.24, 2.45) is 0 Å². The minimum Gasteiger partial charge on any atom is -0.493 e. The fourth-order valence-corrected chi connectivity index (χ4v) is 5.07. The van der Waals surface area contributed by atoms with E-state index in [0.29, 0.717) is 5.75 Å². The monoisotopic (exact) mass is 509 g/mol. The summed E-state index contributed by atoms with van der Waals surface area (Å²) in [6, 6.07) is 9.29. The SMILES string of the molecule is CCOC(=O)N1CCN(C(=O)CN(c2ccccc2F)S(=O)(=O)c2ccc(OC)c(OC)c2)CC1. The van der Waals surface area contributed by atoms with Gasteiger partial charge in [0.2, 0.25) is 5.91 Å². The van der Waals surface area contributed by atoms with E-state index in [-0.39, 0.29) is 49.1 Å². The van der Waals surface area contributed by atoms with Crippen LogP contribution in [0.1, 0.15) is 6.92 Å². The van der Waals surface area contributed by atoms with Gasteiger partial charge in [-0.1, -0.05) is 12.1 Å². The Kier molecular flexibility index (Phi) is 8.39. The number of anilines is 1. The lowest BCUT2D eigenvalue weighted by Gasteiger charge is -2.35. The normalized spacial score (nSPS) is 13.8. The minimum atomic E-state index is -4.37. The van der Waals surface area contributed by atoms with E-state index in [1.165, 1.54) is 60.4 Å². The lowest BCUT2D eigenvalue weighted by Crippen LogP contribution is -2.53. The Bertz CT molecular complexity index is 1170. The van der Waals surface area contributed by atoms with Gasteiger partial charge in [0, 0.05) is 32.2 Å². The molecular weight excluding hydrogens is 481 g/mol. The first kappa shape index (κ1) is 26.1. The molecule has 2 amide bonds. The summed E-state index contributed by atoms with van der Waals surface area (Å²) >= 11 is 0. The maximum atomic E-state index is 14.7. The molecule has 1 aliphatic rings. The lowest BCUT2D eigenvalue weighted by molar-refractivity contribution is -0.131. The first-order chi connectivity index (χ1) is 16.7. The van der Waals surface area contributed by atoms with Gasteiger partial charge < -0.3 is 24.0 Å². The molecule has 35 heavy (non-hydrogen) atoms. The molecule has 0 unspecified atom stereocenters. The van der Waals surface area contributed by atoms with Crippen molar-refractivity contribution < 1.29 is 36.6 Å². The smallest absolute Gasteiger partial charge is 0.409 e. The van der Waals surface area contributed by atoms with Crippen LogP contribution >= 0.6 is 0 Å². The molecule has 0 spiro atoms. The lowest BCUT2D eigenvalue weighted by atomic mass is 10.3. The fraction of sp³-hybridized carbons (Fsp3) is 0.391. The molecule has 0 saturated carbocycles. The number of rotatable bonds is 8. The largest absolute Gasteiger partial charge is 0.493 e. The van der Waals surface area contributed by atoms with Crippen LogP contribution in [0.25, 0.3) is 0 Å². The second-order valence-corrected chi connectivity index (χ2v) is 9.41. The number of piperazine rings is 1. The molecule has 1 heterocycles. The topological polar surface area (TPSA) is 106 Å². The first-order valence-electron chi connectivity index (χ1n) is 10.9. The van der Waals surface area contributed by atoms with Crippen LogP contribution in [0.15, 0.2) is 47.4 Å². The van der Waals surface area contributed by atoms with E-state index < -0.39 is 34.4 Å². The number of benzene rings is 2. The molecule has 0 aliphatic carbocycles. The highest BCUT2D eigenvalue weighted by atomic mass is 32.2. The van der Waals surface area contributed by atoms with Crippen molar-refractivity contribution in [3.63, 3.8) is 0 Å². The molecule has 2 aromatic carbocycles. The van der Waals surface area contributed by atoms with Gasteiger partial charge in [-0.3, -0.25) is 9.10 Å². The van der Waals surface area contributed by atoms with Crippen LogP contribution in [0.3, 0.4) is 0 Å². The minimum absolute atomic E-state index is 0.170. The number of hydrogen-bond donors (Lipinski definition) is 0. The number of sulfonamides is 1. The quantitative estimate of drug-likeness (QED) is 0.538. The number of halogens is 1. The summed E-state index contributed by atoms with van der Waals surface area (Å²) in [6.07, 6.45) is -0.469. The molecule has 12 heteroatoms. The summed E-state index contributed by atoms with van der Waals surface area (Å²) < 4.78 is 58.0. The Balaban J connectivity index is 1.89. The third kappa shape index (κ3) is 5.76. The van der Waals surface area contributed by atoms with Crippen LogP contribution in [0.5, 0.6) is 11.5 Å². The van der Waals surface area contributed by atoms with Crippen molar-refractivity contribution in [3.05, 3.63) is 48.3 Å². The molecule has 0 aromatic heterocycles. The molecule has 0 N–H and O–H groups in total. The highest BCUT2D eigenvalue weighted by molar-refractivity contribution is 7.92. The predicted molar refractivity (Wildman–Crippen MR) is 126 cm³/mol. The van der Waals surface area contributed by atoms with Gasteiger partial charge in [-0.25, -0.2) is 17.6 Å². The van der Waals surface area contributed by atoms with Crippen LogP contribution < -0.4 is 13.8 Å². The van der Waals surface area contributed by atoms with E-state index in [1.807, 2.05) is 0 Å². The van der Waals surface area contributed by atoms with E-state index in [0.717, 1.165) is 10.4 Å². The van der Waals surface area contributed by atoms with E-state index >= 15 is 0 Å². The molecule has 1 saturated heterocycles. The van der Waals surface area contributed by atoms with Gasteiger partial charge in [-0.15, -0.1) is 0 Å². The second-order valence-electron chi connectivity index (χ2n) is 7.55. The van der Waals surface area contributed by atoms with Crippen LogP contribution in [0, 0.1) is 5.82 Å². The van der Waals surface area contributed by atoms with Gasteiger partial charge in [-0.05, 0) is 31.2 Å². The second kappa shape index (κ2) is 11.3. The fourth-order valence-electron chi connectivity index (χ4n) is 3.63. The van der Waals surface area contributed by atoms with Crippen LogP contribution in [0.2, 0.25) is 0 Å². The third-order valence-electron chi connectivity index (χ3n) is 5.50. The number of carbonyl (C=O) groups is 2. The van der Waals surface area contributed by atoms with Crippen molar-refractivity contribution >= 4 is 27.7 Å². The van der Waals surface area contributed by atoms with Gasteiger partial charge >= 0.3 is 6.09 Å². The zero-order valence-electron chi connectivity index (χ0n) is 19.8. The number of carbonyl (C=O) groups excluding carboxylic acids is 2. The molecule has 3 rings (SSSR count). The predicted octanol–water partition coefficient (Wildman–Crippen LogP) is 2.34. The number of methoxy groups -OCH3 is 2. The number of ether oxygens (including phenoxy) is 3. The average Bonchev–Trinajstić information content (AvgIpc) is 2.87. The highest BCUT2D eigenvalue weighted by Gasteiger charge is 2.33. The van der Waals surface area contributed by atoms with Crippen molar-refractivity contribution in [2.45, 2.75) is 11.8 Å². The molecule has 190 valence electrons. The summed E-state index contributed by atoms with van der Waals surface area (Å²) in [4.78, 5) is 27.7. The molecular formula is C23H28FN3O7S. The van der Waals surface area contributed by atoms with E-state index in [2.05, 4.69) is 0 Å². The summed E-state index contributed by atoms with van der Waals surface area (Å²) in [6.45, 7) is 2.19. The number of nitrogens with zero attached hydrogens (tertiary/aromatic N) is 3. The number of para-hydroxylation sites is 1. The average molecular weight is 510 g/mol. The number of hydrogen-bond acceptors (Lipinski definition) is 7. The highest BCUT2D eigenvalue weighted by Crippen LogP contribution is 2.33. The first-order valence-corrected chi connectivity index (χ1v) is 12.4. The molecule has 0 radical (unpaired) electrons. The van der Waals surface area contributed by atoms with Gasteiger partial charge in [0.05, 0.1) is 31.4 Å². The standard InChI is InChI=1S/C23H28FN3O7S/c1-4-34-23(29)26-13-11-25(12-14-26)22(28)16-27(19-8-6-5-7-18(19)24)35(30,31)17-9-10-20(32-2)21(15-17)33-3/h5-10,15H,4,11-14,16H2,1-3H3. The Labute approximate surface area is 203 Å². The van der Waals surface area contributed by atoms with Gasteiger partial charge in [0.1, 0.15) is 12.4 Å². The van der Waals surface area contributed by atoms with Crippen molar-refractivity contribution in [1.82, 2.24) is 9.80 Å². The van der Waals surface area contributed by atoms with E-state index in [9.17, 15) is 22.4 Å². The van der Waals surface area contributed by atoms with Crippen LogP contribution in [-0.4, -0.2) is 83.8 Å². The van der Waals surface area contributed by atoms with E-state index in [1.54, 1.807) is 6.92 Å². The Hall–Kier alpha value is -3.54. The van der Waals surface area contributed by atoms with Crippen molar-refractivity contribution in [3.8, 4) is 11.5 Å². The molecule has 0 atom stereocenters. The summed E-state index contributed by atoms with van der Waals surface area (Å²) in [5.74, 6) is -0.833. The molecule has 0 bridgehead atoms. The number of amides is 2. The van der Waals surface area contributed by atoms with Crippen LogP contribution in [0.4, 0.5) is 14.9 Å². The zero-order valence-corrected chi connectivity index (χ0v) is 20.6. The van der Waals surface area contributed by atoms with Gasteiger partial charge in [0.25, 0.3) is 10.0 Å². The maximum absolute atomic E-state index is 14.7. The van der Waals surface area contributed by atoms with E-state index in [4.69, 9.17) is 14.2 Å². The Morgan fingerprint density at radius 2 is 1.60 bits per heavy atom. The Morgan fingerprint density at radius 1 is 0.971 bits per heavy atom. The van der Waals surface area contributed by atoms with Crippen LogP contribution in [-0.2, 0) is 19.6 Å². The summed E-state index contributed by atoms with van der Waals surface area (Å²) in [7, 11) is -1.60. The Morgan fingerprint density at radius 3 is 2.20 bits per heavy atom. The van der Waals surface area contributed by atoms with Crippen molar-refractivity contribution in [1.29, 1.82) is 0 Å². The third-order valence-corrected chi connectivity index (χ3v) is 7.26. The molecule has 10 nitrogen and oxygen atoms in total.